The molecule has 1 spiro atoms. The maximum absolute atomic E-state index is 13.8. The fourth-order valence-electron chi connectivity index (χ4n) is 5.08. The summed E-state index contributed by atoms with van der Waals surface area (Å²) in [6.07, 6.45) is -9.30. The SMILES string of the molecule is COc1ccc(C2=NOC3(CNC3)C2)cc1C(=O)Nc1c(C(=O)Nc2ccc(F)c(C(F)(F)F)c2)sc2cc(C(F)(F)F)ccc12. The zero-order valence-corrected chi connectivity index (χ0v) is 24.3. The number of ether oxygens (including phenoxy) is 1. The van der Waals surface area contributed by atoms with E-state index in [9.17, 15) is 40.3 Å². The first-order valence-corrected chi connectivity index (χ1v) is 14.3. The molecule has 0 aliphatic carbocycles. The zero-order valence-electron chi connectivity index (χ0n) is 23.5. The van der Waals surface area contributed by atoms with E-state index in [2.05, 4.69) is 21.1 Å². The average molecular weight is 667 g/mol. The van der Waals surface area contributed by atoms with Crippen LogP contribution in [0.1, 0.15) is 43.1 Å². The molecule has 8 nitrogen and oxygen atoms in total. The third kappa shape index (κ3) is 5.85. The smallest absolute Gasteiger partial charge is 0.419 e. The van der Waals surface area contributed by atoms with E-state index in [1.54, 1.807) is 6.07 Å². The Morgan fingerprint density at radius 3 is 2.35 bits per heavy atom. The molecule has 0 unspecified atom stereocenters. The summed E-state index contributed by atoms with van der Waals surface area (Å²) in [6, 6.07) is 9.13. The van der Waals surface area contributed by atoms with Crippen LogP contribution in [0, 0.1) is 5.82 Å². The minimum atomic E-state index is -5.06. The van der Waals surface area contributed by atoms with Gasteiger partial charge in [-0.15, -0.1) is 11.3 Å². The molecule has 16 heteroatoms. The molecule has 2 amide bonds. The molecule has 0 saturated carbocycles. The minimum absolute atomic E-state index is 0.00126. The van der Waals surface area contributed by atoms with Gasteiger partial charge in [-0.2, -0.15) is 26.3 Å². The predicted molar refractivity (Wildman–Crippen MR) is 155 cm³/mol. The lowest BCUT2D eigenvalue weighted by molar-refractivity contribution is -0.140. The molecule has 1 saturated heterocycles. The van der Waals surface area contributed by atoms with Gasteiger partial charge in [-0.1, -0.05) is 11.2 Å². The first-order chi connectivity index (χ1) is 21.7. The summed E-state index contributed by atoms with van der Waals surface area (Å²) >= 11 is 0.578. The molecule has 3 heterocycles. The van der Waals surface area contributed by atoms with E-state index < -0.39 is 52.4 Å². The summed E-state index contributed by atoms with van der Waals surface area (Å²) in [6.45, 7) is 1.20. The maximum Gasteiger partial charge on any atom is 0.419 e. The Morgan fingerprint density at radius 1 is 0.957 bits per heavy atom. The summed E-state index contributed by atoms with van der Waals surface area (Å²) in [5, 5.41) is 12.1. The molecule has 6 rings (SSSR count). The van der Waals surface area contributed by atoms with Crippen molar-refractivity contribution in [2.24, 2.45) is 5.16 Å². The molecule has 2 aliphatic rings. The van der Waals surface area contributed by atoms with Crippen LogP contribution in [0.15, 0.2) is 59.8 Å². The molecule has 3 aromatic carbocycles. The molecule has 4 aromatic rings. The Hall–Kier alpha value is -4.70. The lowest BCUT2D eigenvalue weighted by Crippen LogP contribution is -2.59. The number of nitrogens with one attached hydrogen (secondary N) is 3. The lowest BCUT2D eigenvalue weighted by Gasteiger charge is -2.35. The predicted octanol–water partition coefficient (Wildman–Crippen LogP) is 7.06. The van der Waals surface area contributed by atoms with Crippen LogP contribution in [0.5, 0.6) is 5.75 Å². The summed E-state index contributed by atoms with van der Waals surface area (Å²) in [4.78, 5) is 32.4. The molecule has 0 atom stereocenters. The van der Waals surface area contributed by atoms with Gasteiger partial charge < -0.3 is 25.5 Å². The fourth-order valence-corrected chi connectivity index (χ4v) is 6.17. The quantitative estimate of drug-likeness (QED) is 0.192. The van der Waals surface area contributed by atoms with Crippen LogP contribution in [0.2, 0.25) is 0 Å². The highest BCUT2D eigenvalue weighted by Crippen LogP contribution is 2.41. The number of hydrogen-bond acceptors (Lipinski definition) is 7. The van der Waals surface area contributed by atoms with Crippen LogP contribution in [0.4, 0.5) is 42.1 Å². The Bertz CT molecular complexity index is 1920. The highest BCUT2D eigenvalue weighted by Gasteiger charge is 2.45. The maximum atomic E-state index is 13.8. The summed E-state index contributed by atoms with van der Waals surface area (Å²) in [5.41, 5.74) is -2.61. The standard InChI is InChI=1S/C30H21F7N4O4S/c1-44-22-7-2-14(21-11-28(45-41-21)12-38-13-28)8-18(22)26(42)40-24-17-5-3-15(29(32,33)34)9-23(17)46-25(24)27(43)39-16-4-6-20(31)19(10-16)30(35,36)37/h2-10,38H,11-13H2,1H3,(H,39,43)(H,40,42). The van der Waals surface area contributed by atoms with E-state index in [4.69, 9.17) is 9.57 Å². The number of amides is 2. The average Bonchev–Trinajstić information content (AvgIpc) is 3.60. The number of carbonyl (C=O) groups excluding carboxylic acids is 2. The Morgan fingerprint density at radius 2 is 1.72 bits per heavy atom. The second-order valence-electron chi connectivity index (χ2n) is 10.6. The topological polar surface area (TPSA) is 101 Å². The molecule has 46 heavy (non-hydrogen) atoms. The van der Waals surface area contributed by atoms with Gasteiger partial charge in [0.2, 0.25) is 0 Å². The molecular weight excluding hydrogens is 645 g/mol. The van der Waals surface area contributed by atoms with Crippen molar-refractivity contribution < 1.29 is 49.9 Å². The van der Waals surface area contributed by atoms with Crippen molar-refractivity contribution in [2.75, 3.05) is 30.8 Å². The highest BCUT2D eigenvalue weighted by atomic mass is 32.1. The van der Waals surface area contributed by atoms with E-state index in [0.29, 0.717) is 54.3 Å². The molecular formula is C30H21F7N4O4S. The number of halogens is 7. The second kappa shape index (κ2) is 11.3. The van der Waals surface area contributed by atoms with Gasteiger partial charge in [0, 0.05) is 40.8 Å². The van der Waals surface area contributed by atoms with Crippen LogP contribution >= 0.6 is 11.3 Å². The minimum Gasteiger partial charge on any atom is -0.496 e. The summed E-state index contributed by atoms with van der Waals surface area (Å²) in [5.74, 6) is -3.28. The number of rotatable bonds is 6. The fraction of sp³-hybridized carbons (Fsp3) is 0.233. The molecule has 0 bridgehead atoms. The molecule has 1 aromatic heterocycles. The number of thiophene rings is 1. The summed E-state index contributed by atoms with van der Waals surface area (Å²) < 4.78 is 99.4. The number of fused-ring (bicyclic) bond motifs is 1. The molecule has 0 radical (unpaired) electrons. The van der Waals surface area contributed by atoms with Gasteiger partial charge in [0.1, 0.15) is 16.4 Å². The monoisotopic (exact) mass is 666 g/mol. The Kier molecular flexibility index (Phi) is 7.67. The van der Waals surface area contributed by atoms with Crippen molar-refractivity contribution >= 4 is 50.3 Å². The van der Waals surface area contributed by atoms with E-state index >= 15 is 0 Å². The number of hydrogen-bond donors (Lipinski definition) is 3. The zero-order chi connectivity index (χ0) is 33.0. The van der Waals surface area contributed by atoms with Gasteiger partial charge in [-0.3, -0.25) is 9.59 Å². The van der Waals surface area contributed by atoms with Gasteiger partial charge in [0.25, 0.3) is 11.8 Å². The Labute approximate surface area is 259 Å². The number of benzene rings is 3. The van der Waals surface area contributed by atoms with Gasteiger partial charge in [0.05, 0.1) is 35.2 Å². The van der Waals surface area contributed by atoms with Crippen LogP contribution in [-0.2, 0) is 17.2 Å². The number of oxime groups is 1. The normalized spacial score (nSPS) is 15.7. The molecule has 1 fully saturated rings. The number of nitrogens with zero attached hydrogens (tertiary/aromatic N) is 1. The van der Waals surface area contributed by atoms with Crippen molar-refractivity contribution in [3.8, 4) is 5.75 Å². The van der Waals surface area contributed by atoms with Gasteiger partial charge in [0.15, 0.2) is 5.60 Å². The third-order valence-electron chi connectivity index (χ3n) is 7.50. The van der Waals surface area contributed by atoms with Gasteiger partial charge in [-0.05, 0) is 48.5 Å². The van der Waals surface area contributed by atoms with Crippen molar-refractivity contribution in [1.29, 1.82) is 0 Å². The van der Waals surface area contributed by atoms with Gasteiger partial charge >= 0.3 is 12.4 Å². The van der Waals surface area contributed by atoms with E-state index in [-0.39, 0.29) is 32.0 Å². The van der Waals surface area contributed by atoms with E-state index in [1.807, 2.05) is 0 Å². The number of methoxy groups -OCH3 is 1. The first kappa shape index (κ1) is 31.3. The summed E-state index contributed by atoms with van der Waals surface area (Å²) in [7, 11) is 1.33. The third-order valence-corrected chi connectivity index (χ3v) is 8.65. The first-order valence-electron chi connectivity index (χ1n) is 13.4. The molecule has 2 aliphatic heterocycles. The molecule has 240 valence electrons. The van der Waals surface area contributed by atoms with Crippen LogP contribution in [0.3, 0.4) is 0 Å². The van der Waals surface area contributed by atoms with Crippen LogP contribution in [-0.4, -0.2) is 43.3 Å². The number of carbonyl (C=O) groups is 2. The van der Waals surface area contributed by atoms with Crippen LogP contribution < -0.4 is 20.7 Å². The highest BCUT2D eigenvalue weighted by molar-refractivity contribution is 7.21. The van der Waals surface area contributed by atoms with E-state index in [0.717, 1.165) is 24.3 Å². The van der Waals surface area contributed by atoms with Crippen LogP contribution in [0.25, 0.3) is 10.1 Å². The molecule has 3 N–H and O–H groups in total. The Balaban J connectivity index is 1.37. The van der Waals surface area contributed by atoms with E-state index in [1.165, 1.54) is 19.2 Å². The second-order valence-corrected chi connectivity index (χ2v) is 11.7. The number of alkyl halides is 6. The lowest BCUT2D eigenvalue weighted by atomic mass is 9.89. The number of anilines is 2. The van der Waals surface area contributed by atoms with Gasteiger partial charge in [-0.25, -0.2) is 4.39 Å². The van der Waals surface area contributed by atoms with Crippen molar-refractivity contribution in [3.63, 3.8) is 0 Å². The van der Waals surface area contributed by atoms with Crippen molar-refractivity contribution in [3.05, 3.63) is 87.5 Å². The van der Waals surface area contributed by atoms with Crippen molar-refractivity contribution in [2.45, 2.75) is 24.4 Å². The van der Waals surface area contributed by atoms with Crippen molar-refractivity contribution in [1.82, 2.24) is 5.32 Å². The largest absolute Gasteiger partial charge is 0.496 e.